The van der Waals surface area contributed by atoms with Crippen LogP contribution in [0.5, 0.6) is 5.88 Å². The first kappa shape index (κ1) is 22.2. The van der Waals surface area contributed by atoms with Gasteiger partial charge in [0.2, 0.25) is 5.88 Å². The molecule has 0 amide bonds. The second-order valence-electron chi connectivity index (χ2n) is 10.00. The van der Waals surface area contributed by atoms with Crippen molar-refractivity contribution >= 4 is 5.82 Å². The van der Waals surface area contributed by atoms with Crippen molar-refractivity contribution in [1.29, 1.82) is 0 Å². The molecule has 8 nitrogen and oxygen atoms in total. The van der Waals surface area contributed by atoms with Crippen LogP contribution in [-0.2, 0) is 7.05 Å². The van der Waals surface area contributed by atoms with E-state index in [9.17, 15) is 0 Å². The molecule has 0 radical (unpaired) electrons. The molecule has 4 heterocycles. The molecular formula is C24H33N7O. The molecule has 1 aliphatic heterocycles. The monoisotopic (exact) mass is 435 g/mol. The number of nitrogens with zero attached hydrogens (tertiary/aromatic N) is 6. The van der Waals surface area contributed by atoms with Crippen molar-refractivity contribution < 1.29 is 4.74 Å². The predicted molar refractivity (Wildman–Crippen MR) is 127 cm³/mol. The van der Waals surface area contributed by atoms with E-state index in [1.165, 1.54) is 0 Å². The van der Waals surface area contributed by atoms with Crippen LogP contribution < -0.4 is 15.0 Å². The topological polar surface area (TPSA) is 81.0 Å². The standard InChI is InChI=1S/C24H33N7O/c1-23(2)12-17(13-24(3,4)29-23)31(6)21-11-10-20(27-28-21)19-9-8-18(22(26-19)32-7)16-14-25-30(5)15-16/h8-11,14-15,17,29H,12-13H2,1-7H3. The Morgan fingerprint density at radius 1 is 1.03 bits per heavy atom. The summed E-state index contributed by atoms with van der Waals surface area (Å²) in [6.45, 7) is 9.05. The molecule has 0 unspecified atom stereocenters. The third-order valence-electron chi connectivity index (χ3n) is 6.06. The zero-order valence-electron chi connectivity index (χ0n) is 20.0. The number of rotatable bonds is 5. The number of ether oxygens (including phenoxy) is 1. The average molecular weight is 436 g/mol. The first-order valence-electron chi connectivity index (χ1n) is 11.0. The molecular weight excluding hydrogens is 402 g/mol. The minimum absolute atomic E-state index is 0.0739. The van der Waals surface area contributed by atoms with Crippen molar-refractivity contribution in [3.8, 4) is 28.4 Å². The number of anilines is 1. The summed E-state index contributed by atoms with van der Waals surface area (Å²) in [5, 5.41) is 17.0. The van der Waals surface area contributed by atoms with Gasteiger partial charge in [-0.1, -0.05) is 0 Å². The van der Waals surface area contributed by atoms with E-state index in [0.29, 0.717) is 17.6 Å². The van der Waals surface area contributed by atoms with Gasteiger partial charge in [0.25, 0.3) is 0 Å². The lowest BCUT2D eigenvalue weighted by Crippen LogP contribution is -2.62. The molecule has 0 saturated carbocycles. The Balaban J connectivity index is 1.56. The van der Waals surface area contributed by atoms with Crippen LogP contribution in [0.1, 0.15) is 40.5 Å². The van der Waals surface area contributed by atoms with E-state index in [1.54, 1.807) is 18.0 Å². The number of aromatic nitrogens is 5. The predicted octanol–water partition coefficient (Wildman–Crippen LogP) is 3.69. The summed E-state index contributed by atoms with van der Waals surface area (Å²) >= 11 is 0. The summed E-state index contributed by atoms with van der Waals surface area (Å²) in [6, 6.07) is 8.31. The molecule has 1 saturated heterocycles. The molecule has 0 aliphatic carbocycles. The molecule has 0 atom stereocenters. The van der Waals surface area contributed by atoms with Crippen molar-refractivity contribution in [3.63, 3.8) is 0 Å². The van der Waals surface area contributed by atoms with Gasteiger partial charge in [0.1, 0.15) is 5.69 Å². The normalized spacial score (nSPS) is 17.8. The largest absolute Gasteiger partial charge is 0.481 e. The number of hydrogen-bond acceptors (Lipinski definition) is 7. The highest BCUT2D eigenvalue weighted by atomic mass is 16.5. The lowest BCUT2D eigenvalue weighted by atomic mass is 9.79. The molecule has 4 rings (SSSR count). The molecule has 1 fully saturated rings. The van der Waals surface area contributed by atoms with Gasteiger partial charge in [-0.2, -0.15) is 5.10 Å². The number of methoxy groups -OCH3 is 1. The fraction of sp³-hybridized carbons (Fsp3) is 0.500. The fourth-order valence-corrected chi connectivity index (χ4v) is 4.90. The van der Waals surface area contributed by atoms with Gasteiger partial charge in [-0.05, 0) is 64.8 Å². The Morgan fingerprint density at radius 2 is 1.72 bits per heavy atom. The van der Waals surface area contributed by atoms with Gasteiger partial charge in [-0.3, -0.25) is 4.68 Å². The van der Waals surface area contributed by atoms with Gasteiger partial charge in [0.15, 0.2) is 5.82 Å². The second kappa shape index (κ2) is 8.16. The van der Waals surface area contributed by atoms with Crippen LogP contribution in [0.15, 0.2) is 36.7 Å². The van der Waals surface area contributed by atoms with Gasteiger partial charge in [0, 0.05) is 48.5 Å². The Kier molecular flexibility index (Phi) is 5.67. The van der Waals surface area contributed by atoms with Gasteiger partial charge in [-0.25, -0.2) is 4.98 Å². The van der Waals surface area contributed by atoms with Crippen LogP contribution >= 0.6 is 0 Å². The number of nitrogens with one attached hydrogen (secondary N) is 1. The fourth-order valence-electron chi connectivity index (χ4n) is 4.90. The summed E-state index contributed by atoms with van der Waals surface area (Å²) in [5.74, 6) is 1.41. The van der Waals surface area contributed by atoms with Crippen LogP contribution in [0.2, 0.25) is 0 Å². The maximum Gasteiger partial charge on any atom is 0.221 e. The highest BCUT2D eigenvalue weighted by Gasteiger charge is 2.39. The molecule has 1 aliphatic rings. The number of pyridine rings is 1. The van der Waals surface area contributed by atoms with Crippen LogP contribution in [0.3, 0.4) is 0 Å². The number of aryl methyl sites for hydroxylation is 1. The summed E-state index contributed by atoms with van der Waals surface area (Å²) in [5.41, 5.74) is 3.43. The second-order valence-corrected chi connectivity index (χ2v) is 10.00. The van der Waals surface area contributed by atoms with Crippen LogP contribution in [-0.4, -0.2) is 56.2 Å². The lowest BCUT2D eigenvalue weighted by Gasteiger charge is -2.49. The maximum atomic E-state index is 5.54. The number of hydrogen-bond donors (Lipinski definition) is 1. The molecule has 170 valence electrons. The summed E-state index contributed by atoms with van der Waals surface area (Å²) in [6.07, 6.45) is 5.83. The Hall–Kier alpha value is -3.00. The molecule has 8 heteroatoms. The minimum Gasteiger partial charge on any atom is -0.481 e. The number of piperidine rings is 1. The molecule has 0 aromatic carbocycles. The van der Waals surface area contributed by atoms with E-state index >= 15 is 0 Å². The summed E-state index contributed by atoms with van der Waals surface area (Å²) < 4.78 is 7.30. The molecule has 3 aromatic heterocycles. The molecule has 32 heavy (non-hydrogen) atoms. The van der Waals surface area contributed by atoms with E-state index in [2.05, 4.69) is 65.2 Å². The van der Waals surface area contributed by atoms with Crippen LogP contribution in [0, 0.1) is 0 Å². The molecule has 0 spiro atoms. The van der Waals surface area contributed by atoms with Crippen molar-refractivity contribution in [3.05, 3.63) is 36.7 Å². The van der Waals surface area contributed by atoms with Gasteiger partial charge < -0.3 is 15.0 Å². The zero-order chi connectivity index (χ0) is 23.1. The smallest absolute Gasteiger partial charge is 0.221 e. The zero-order valence-corrected chi connectivity index (χ0v) is 20.0. The van der Waals surface area contributed by atoms with E-state index in [1.807, 2.05) is 37.5 Å². The minimum atomic E-state index is 0.0739. The lowest BCUT2D eigenvalue weighted by molar-refractivity contribution is 0.160. The van der Waals surface area contributed by atoms with Crippen molar-refractivity contribution in [1.82, 2.24) is 30.3 Å². The van der Waals surface area contributed by atoms with Crippen LogP contribution in [0.4, 0.5) is 5.82 Å². The average Bonchev–Trinajstić information content (AvgIpc) is 3.16. The summed E-state index contributed by atoms with van der Waals surface area (Å²) in [4.78, 5) is 6.92. The van der Waals surface area contributed by atoms with Crippen molar-refractivity contribution in [2.75, 3.05) is 19.1 Å². The van der Waals surface area contributed by atoms with E-state index < -0.39 is 0 Å². The van der Waals surface area contributed by atoms with Crippen molar-refractivity contribution in [2.24, 2.45) is 7.05 Å². The molecule has 3 aromatic rings. The first-order valence-corrected chi connectivity index (χ1v) is 11.0. The summed E-state index contributed by atoms with van der Waals surface area (Å²) in [7, 11) is 5.62. The Bertz CT molecular complexity index is 1070. The van der Waals surface area contributed by atoms with E-state index in [-0.39, 0.29) is 11.1 Å². The van der Waals surface area contributed by atoms with E-state index in [4.69, 9.17) is 4.74 Å². The SMILES string of the molecule is COc1nc(-c2ccc(N(C)C3CC(C)(C)NC(C)(C)C3)nn2)ccc1-c1cnn(C)c1. The molecule has 0 bridgehead atoms. The quantitative estimate of drug-likeness (QED) is 0.654. The van der Waals surface area contributed by atoms with Crippen LogP contribution in [0.25, 0.3) is 22.5 Å². The van der Waals surface area contributed by atoms with E-state index in [0.717, 1.165) is 35.5 Å². The van der Waals surface area contributed by atoms with Gasteiger partial charge in [0.05, 0.1) is 19.0 Å². The third kappa shape index (κ3) is 4.60. The Morgan fingerprint density at radius 3 is 2.28 bits per heavy atom. The van der Waals surface area contributed by atoms with Crippen molar-refractivity contribution in [2.45, 2.75) is 57.7 Å². The maximum absolute atomic E-state index is 5.54. The highest BCUT2D eigenvalue weighted by molar-refractivity contribution is 5.70. The van der Waals surface area contributed by atoms with Gasteiger partial charge in [-0.15, -0.1) is 10.2 Å². The third-order valence-corrected chi connectivity index (χ3v) is 6.06. The Labute approximate surface area is 190 Å². The first-order chi connectivity index (χ1) is 15.1. The van der Waals surface area contributed by atoms with Gasteiger partial charge >= 0.3 is 0 Å². The molecule has 1 N–H and O–H groups in total. The highest BCUT2D eigenvalue weighted by Crippen LogP contribution is 2.33.